The zero-order chi connectivity index (χ0) is 17.7. The lowest BCUT2D eigenvalue weighted by Gasteiger charge is -2.14. The van der Waals surface area contributed by atoms with Gasteiger partial charge in [0.05, 0.1) is 21.3 Å². The van der Waals surface area contributed by atoms with Crippen molar-refractivity contribution in [3.63, 3.8) is 0 Å². The fraction of sp³-hybridized carbons (Fsp3) is 0.316. The number of amides is 1. The smallest absolute Gasteiger partial charge is 0.251 e. The number of hydrogen-bond donors (Lipinski definition) is 1. The molecule has 1 N–H and O–H groups in total. The van der Waals surface area contributed by atoms with Crippen molar-refractivity contribution in [2.75, 3.05) is 21.3 Å². The maximum atomic E-state index is 12.3. The van der Waals surface area contributed by atoms with Crippen molar-refractivity contribution >= 4 is 5.91 Å². The molecule has 0 fully saturated rings. The molecule has 0 aliphatic carbocycles. The van der Waals surface area contributed by atoms with Crippen molar-refractivity contribution in [3.05, 3.63) is 52.6 Å². The summed E-state index contributed by atoms with van der Waals surface area (Å²) in [5.41, 5.74) is 3.76. The number of benzene rings is 2. The molecule has 0 radical (unpaired) electrons. The summed E-state index contributed by atoms with van der Waals surface area (Å²) in [6.07, 6.45) is 0. The molecule has 2 aromatic carbocycles. The molecule has 24 heavy (non-hydrogen) atoms. The first kappa shape index (κ1) is 17.7. The molecule has 1 amide bonds. The van der Waals surface area contributed by atoms with E-state index >= 15 is 0 Å². The Morgan fingerprint density at radius 3 is 2.04 bits per heavy atom. The third-order valence-corrected chi connectivity index (χ3v) is 3.95. The van der Waals surface area contributed by atoms with Crippen molar-refractivity contribution in [3.8, 4) is 17.2 Å². The van der Waals surface area contributed by atoms with Gasteiger partial charge in [-0.2, -0.15) is 0 Å². The standard InChI is InChI=1S/C19H23NO4/c1-12-6-7-15(8-13(12)2)19(21)20-11-14-9-16(22-3)18(24-5)17(10-14)23-4/h6-10H,11H2,1-5H3,(H,20,21). The number of carbonyl (C=O) groups is 1. The Morgan fingerprint density at radius 1 is 0.917 bits per heavy atom. The third-order valence-electron chi connectivity index (χ3n) is 3.95. The highest BCUT2D eigenvalue weighted by atomic mass is 16.5. The van der Waals surface area contributed by atoms with E-state index in [2.05, 4.69) is 5.32 Å². The van der Waals surface area contributed by atoms with Crippen LogP contribution in [0.2, 0.25) is 0 Å². The number of hydrogen-bond acceptors (Lipinski definition) is 4. The average Bonchev–Trinajstić information content (AvgIpc) is 2.60. The average molecular weight is 329 g/mol. The van der Waals surface area contributed by atoms with E-state index in [4.69, 9.17) is 14.2 Å². The van der Waals surface area contributed by atoms with Gasteiger partial charge >= 0.3 is 0 Å². The number of rotatable bonds is 6. The normalized spacial score (nSPS) is 10.2. The Kier molecular flexibility index (Phi) is 5.68. The van der Waals surface area contributed by atoms with E-state index in [1.54, 1.807) is 21.3 Å². The van der Waals surface area contributed by atoms with Gasteiger partial charge in [-0.3, -0.25) is 4.79 Å². The van der Waals surface area contributed by atoms with E-state index in [0.717, 1.165) is 16.7 Å². The maximum absolute atomic E-state index is 12.3. The summed E-state index contributed by atoms with van der Waals surface area (Å²) in [7, 11) is 4.69. The first-order valence-electron chi connectivity index (χ1n) is 7.64. The molecule has 0 atom stereocenters. The minimum Gasteiger partial charge on any atom is -0.493 e. The van der Waals surface area contributed by atoms with Gasteiger partial charge < -0.3 is 19.5 Å². The van der Waals surface area contributed by atoms with Gasteiger partial charge in [-0.1, -0.05) is 6.07 Å². The molecule has 0 aliphatic heterocycles. The largest absolute Gasteiger partial charge is 0.493 e. The van der Waals surface area contributed by atoms with E-state index in [1.807, 2.05) is 44.2 Å². The number of ether oxygens (including phenoxy) is 3. The second kappa shape index (κ2) is 7.73. The Bertz CT molecular complexity index is 715. The van der Waals surface area contributed by atoms with Crippen LogP contribution in [-0.2, 0) is 6.54 Å². The highest BCUT2D eigenvalue weighted by Crippen LogP contribution is 2.38. The van der Waals surface area contributed by atoms with E-state index < -0.39 is 0 Å². The first-order valence-corrected chi connectivity index (χ1v) is 7.64. The van der Waals surface area contributed by atoms with Crippen LogP contribution in [0.5, 0.6) is 17.2 Å². The van der Waals surface area contributed by atoms with Gasteiger partial charge in [0.15, 0.2) is 11.5 Å². The first-order chi connectivity index (χ1) is 11.5. The molecular weight excluding hydrogens is 306 g/mol. The van der Waals surface area contributed by atoms with Crippen LogP contribution in [0.25, 0.3) is 0 Å². The summed E-state index contributed by atoms with van der Waals surface area (Å²) in [6.45, 7) is 4.38. The van der Waals surface area contributed by atoms with Crippen molar-refractivity contribution in [1.29, 1.82) is 0 Å². The van der Waals surface area contributed by atoms with Crippen LogP contribution in [0.4, 0.5) is 0 Å². The Morgan fingerprint density at radius 2 is 1.54 bits per heavy atom. The van der Waals surface area contributed by atoms with E-state index in [1.165, 1.54) is 0 Å². The number of carbonyl (C=O) groups excluding carboxylic acids is 1. The summed E-state index contributed by atoms with van der Waals surface area (Å²) in [5.74, 6) is 1.54. The Balaban J connectivity index is 2.16. The van der Waals surface area contributed by atoms with Gasteiger partial charge in [0.2, 0.25) is 5.75 Å². The SMILES string of the molecule is COc1cc(CNC(=O)c2ccc(C)c(C)c2)cc(OC)c1OC. The van der Waals surface area contributed by atoms with Crippen LogP contribution in [0.1, 0.15) is 27.0 Å². The summed E-state index contributed by atoms with van der Waals surface area (Å²) in [5, 5.41) is 2.91. The van der Waals surface area contributed by atoms with Crippen molar-refractivity contribution in [2.45, 2.75) is 20.4 Å². The van der Waals surface area contributed by atoms with Crippen LogP contribution in [0, 0.1) is 13.8 Å². The van der Waals surface area contributed by atoms with Crippen LogP contribution < -0.4 is 19.5 Å². The second-order valence-corrected chi connectivity index (χ2v) is 5.52. The lowest BCUT2D eigenvalue weighted by Crippen LogP contribution is -2.23. The van der Waals surface area contributed by atoms with Crippen molar-refractivity contribution < 1.29 is 19.0 Å². The molecule has 0 spiro atoms. The fourth-order valence-electron chi connectivity index (χ4n) is 2.40. The molecule has 0 saturated heterocycles. The predicted octanol–water partition coefficient (Wildman–Crippen LogP) is 3.26. The van der Waals surface area contributed by atoms with Crippen LogP contribution in [-0.4, -0.2) is 27.2 Å². The molecule has 5 heteroatoms. The molecular formula is C19H23NO4. The molecule has 0 bridgehead atoms. The van der Waals surface area contributed by atoms with Crippen molar-refractivity contribution in [2.24, 2.45) is 0 Å². The van der Waals surface area contributed by atoms with Gasteiger partial charge in [-0.05, 0) is 54.8 Å². The number of methoxy groups -OCH3 is 3. The van der Waals surface area contributed by atoms with E-state index in [0.29, 0.717) is 29.4 Å². The summed E-state index contributed by atoms with van der Waals surface area (Å²) >= 11 is 0. The molecule has 0 unspecified atom stereocenters. The lowest BCUT2D eigenvalue weighted by molar-refractivity contribution is 0.0950. The molecule has 128 valence electrons. The lowest BCUT2D eigenvalue weighted by atomic mass is 10.1. The zero-order valence-corrected chi connectivity index (χ0v) is 14.7. The minimum atomic E-state index is -0.119. The molecule has 2 rings (SSSR count). The molecule has 5 nitrogen and oxygen atoms in total. The highest BCUT2D eigenvalue weighted by Gasteiger charge is 2.14. The van der Waals surface area contributed by atoms with Crippen LogP contribution in [0.3, 0.4) is 0 Å². The molecule has 0 aromatic heterocycles. The summed E-state index contributed by atoms with van der Waals surface area (Å²) in [6, 6.07) is 9.31. The van der Waals surface area contributed by atoms with Gasteiger partial charge in [0, 0.05) is 12.1 Å². The Hall–Kier alpha value is -2.69. The molecule has 0 aliphatic rings. The maximum Gasteiger partial charge on any atom is 0.251 e. The second-order valence-electron chi connectivity index (χ2n) is 5.52. The topological polar surface area (TPSA) is 56.8 Å². The van der Waals surface area contributed by atoms with Gasteiger partial charge in [-0.25, -0.2) is 0 Å². The fourth-order valence-corrected chi connectivity index (χ4v) is 2.40. The van der Waals surface area contributed by atoms with E-state index in [9.17, 15) is 4.79 Å². The summed E-state index contributed by atoms with van der Waals surface area (Å²) < 4.78 is 15.9. The van der Waals surface area contributed by atoms with Gasteiger partial charge in [0.25, 0.3) is 5.91 Å². The highest BCUT2D eigenvalue weighted by molar-refractivity contribution is 5.94. The monoisotopic (exact) mass is 329 g/mol. The Labute approximate surface area is 142 Å². The molecule has 0 saturated carbocycles. The predicted molar refractivity (Wildman–Crippen MR) is 93.2 cm³/mol. The minimum absolute atomic E-state index is 0.119. The molecule has 2 aromatic rings. The van der Waals surface area contributed by atoms with Gasteiger partial charge in [0.1, 0.15) is 0 Å². The summed E-state index contributed by atoms with van der Waals surface area (Å²) in [4.78, 5) is 12.3. The number of nitrogens with one attached hydrogen (secondary N) is 1. The zero-order valence-electron chi connectivity index (χ0n) is 14.7. The van der Waals surface area contributed by atoms with Crippen LogP contribution >= 0.6 is 0 Å². The third kappa shape index (κ3) is 3.79. The van der Waals surface area contributed by atoms with Gasteiger partial charge in [-0.15, -0.1) is 0 Å². The molecule has 0 heterocycles. The number of aryl methyl sites for hydroxylation is 2. The van der Waals surface area contributed by atoms with Crippen LogP contribution in [0.15, 0.2) is 30.3 Å². The van der Waals surface area contributed by atoms with Crippen molar-refractivity contribution in [1.82, 2.24) is 5.32 Å². The van der Waals surface area contributed by atoms with E-state index in [-0.39, 0.29) is 5.91 Å². The quantitative estimate of drug-likeness (QED) is 0.884.